The molecule has 0 fully saturated rings. The number of carbonyl (C=O) groups excluding carboxylic acids is 1. The highest BCUT2D eigenvalue weighted by Gasteiger charge is 2.31. The molecular formula is C8H14O5. The lowest BCUT2D eigenvalue weighted by molar-refractivity contribution is -0.154. The lowest BCUT2D eigenvalue weighted by Gasteiger charge is -2.19. The van der Waals surface area contributed by atoms with Crippen LogP contribution in [0.5, 0.6) is 0 Å². The number of hydrogen-bond donors (Lipinski definition) is 2. The molecule has 0 aromatic rings. The van der Waals surface area contributed by atoms with Gasteiger partial charge in [-0.05, 0) is 13.8 Å². The first-order chi connectivity index (χ1) is 5.91. The molecule has 0 aromatic carbocycles. The molecule has 13 heavy (non-hydrogen) atoms. The Morgan fingerprint density at radius 3 is 2.00 bits per heavy atom. The average molecular weight is 190 g/mol. The summed E-state index contributed by atoms with van der Waals surface area (Å²) in [6.07, 6.45) is -1.22. The average Bonchev–Trinajstić information content (AvgIpc) is 2.12. The van der Waals surface area contributed by atoms with E-state index in [4.69, 9.17) is 5.11 Å². The van der Waals surface area contributed by atoms with Gasteiger partial charge in [-0.2, -0.15) is 0 Å². The van der Waals surface area contributed by atoms with Crippen LogP contribution >= 0.6 is 0 Å². The van der Waals surface area contributed by atoms with E-state index < -0.39 is 29.9 Å². The number of aliphatic hydroxyl groups is 1. The van der Waals surface area contributed by atoms with Gasteiger partial charge >= 0.3 is 11.9 Å². The maximum absolute atomic E-state index is 10.9. The second-order valence-corrected chi connectivity index (χ2v) is 2.93. The van der Waals surface area contributed by atoms with Crippen LogP contribution in [0.4, 0.5) is 0 Å². The van der Waals surface area contributed by atoms with Gasteiger partial charge in [0.25, 0.3) is 0 Å². The van der Waals surface area contributed by atoms with Crippen molar-refractivity contribution in [3.63, 3.8) is 0 Å². The monoisotopic (exact) mass is 190 g/mol. The summed E-state index contributed by atoms with van der Waals surface area (Å²) in [5, 5.41) is 17.9. The molecule has 2 N–H and O–H groups in total. The van der Waals surface area contributed by atoms with Gasteiger partial charge in [-0.1, -0.05) is 0 Å². The van der Waals surface area contributed by atoms with Crippen LogP contribution in [0.2, 0.25) is 0 Å². The molecule has 0 bridgehead atoms. The predicted molar refractivity (Wildman–Crippen MR) is 44.0 cm³/mol. The predicted octanol–water partition coefficient (Wildman–Crippen LogP) is -0.123. The second-order valence-electron chi connectivity index (χ2n) is 2.93. The van der Waals surface area contributed by atoms with E-state index in [-0.39, 0.29) is 0 Å². The lowest BCUT2D eigenvalue weighted by atomic mass is 9.94. The number of hydrogen-bond acceptors (Lipinski definition) is 4. The lowest BCUT2D eigenvalue weighted by Crippen LogP contribution is -2.35. The third kappa shape index (κ3) is 3.02. The molecule has 5 nitrogen and oxygen atoms in total. The van der Waals surface area contributed by atoms with Crippen molar-refractivity contribution in [2.45, 2.75) is 20.0 Å². The van der Waals surface area contributed by atoms with E-state index in [1.54, 1.807) is 0 Å². The molecule has 0 aliphatic rings. The molecule has 76 valence electrons. The Labute approximate surface area is 76.3 Å². The van der Waals surface area contributed by atoms with Gasteiger partial charge in [0.15, 0.2) is 0 Å². The molecular weight excluding hydrogens is 176 g/mol. The number of aliphatic hydroxyl groups excluding tert-OH is 1. The molecule has 0 aromatic heterocycles. The number of esters is 1. The van der Waals surface area contributed by atoms with Crippen molar-refractivity contribution in [1.82, 2.24) is 0 Å². The topological polar surface area (TPSA) is 83.8 Å². The van der Waals surface area contributed by atoms with Gasteiger partial charge in [-0.25, -0.2) is 0 Å². The first-order valence-corrected chi connectivity index (χ1v) is 3.90. The van der Waals surface area contributed by atoms with Gasteiger partial charge in [0.05, 0.1) is 25.0 Å². The molecule has 0 aliphatic heterocycles. The van der Waals surface area contributed by atoms with Crippen molar-refractivity contribution in [1.29, 1.82) is 0 Å². The minimum Gasteiger partial charge on any atom is -0.481 e. The van der Waals surface area contributed by atoms with Gasteiger partial charge in [0.1, 0.15) is 0 Å². The van der Waals surface area contributed by atoms with Crippen LogP contribution in [0.3, 0.4) is 0 Å². The first kappa shape index (κ1) is 11.9. The minimum atomic E-state index is -1.22. The summed E-state index contributed by atoms with van der Waals surface area (Å²) in [6.45, 7) is 2.77. The van der Waals surface area contributed by atoms with Crippen molar-refractivity contribution in [3.8, 4) is 0 Å². The van der Waals surface area contributed by atoms with Gasteiger partial charge < -0.3 is 14.9 Å². The van der Waals surface area contributed by atoms with E-state index in [1.807, 2.05) is 0 Å². The Morgan fingerprint density at radius 1 is 1.23 bits per heavy atom. The molecule has 0 unspecified atom stereocenters. The van der Waals surface area contributed by atoms with Crippen LogP contribution < -0.4 is 0 Å². The molecule has 0 saturated heterocycles. The zero-order valence-corrected chi connectivity index (χ0v) is 7.85. The normalized spacial score (nSPS) is 17.2. The molecule has 0 rings (SSSR count). The van der Waals surface area contributed by atoms with Crippen molar-refractivity contribution in [2.24, 2.45) is 11.8 Å². The summed E-state index contributed by atoms with van der Waals surface area (Å²) in [5.74, 6) is -3.55. The molecule has 3 atom stereocenters. The minimum absolute atomic E-state index is 0.611. The Bertz CT molecular complexity index is 201. The van der Waals surface area contributed by atoms with E-state index in [0.29, 0.717) is 0 Å². The van der Waals surface area contributed by atoms with Crippen molar-refractivity contribution < 1.29 is 24.5 Å². The third-order valence-corrected chi connectivity index (χ3v) is 1.99. The first-order valence-electron chi connectivity index (χ1n) is 3.90. The number of carboxylic acids is 1. The van der Waals surface area contributed by atoms with Crippen LogP contribution in [0, 0.1) is 11.8 Å². The van der Waals surface area contributed by atoms with Gasteiger partial charge in [-0.3, -0.25) is 9.59 Å². The smallest absolute Gasteiger partial charge is 0.311 e. The zero-order chi connectivity index (χ0) is 10.6. The summed E-state index contributed by atoms with van der Waals surface area (Å²) in [7, 11) is 1.19. The maximum Gasteiger partial charge on any atom is 0.311 e. The molecule has 0 radical (unpaired) electrons. The summed E-state index contributed by atoms with van der Waals surface area (Å²) < 4.78 is 4.37. The van der Waals surface area contributed by atoms with Crippen LogP contribution in [-0.2, 0) is 14.3 Å². The summed E-state index contributed by atoms with van der Waals surface area (Å²) in [6, 6.07) is 0. The zero-order valence-electron chi connectivity index (χ0n) is 7.85. The highest BCUT2D eigenvalue weighted by atomic mass is 16.5. The SMILES string of the molecule is COC(=O)[C@H](C)[C@@H](O)[C@H](C)C(=O)O. The molecule has 0 spiro atoms. The highest BCUT2D eigenvalue weighted by Crippen LogP contribution is 2.14. The van der Waals surface area contributed by atoms with Crippen molar-refractivity contribution >= 4 is 11.9 Å². The number of carboxylic acid groups (broad SMARTS) is 1. The van der Waals surface area contributed by atoms with Crippen LogP contribution in [-0.4, -0.2) is 35.4 Å². The second kappa shape index (κ2) is 4.81. The summed E-state index contributed by atoms with van der Waals surface area (Å²) in [5.41, 5.74) is 0. The van der Waals surface area contributed by atoms with E-state index in [0.717, 1.165) is 0 Å². The van der Waals surface area contributed by atoms with Crippen molar-refractivity contribution in [3.05, 3.63) is 0 Å². The molecule has 0 aliphatic carbocycles. The number of methoxy groups -OCH3 is 1. The number of carbonyl (C=O) groups is 2. The standard InChI is InChI=1S/C8H14O5/c1-4(7(10)11)6(9)5(2)8(12)13-3/h4-6,9H,1-3H3,(H,10,11)/t4-,5+,6-/m0/s1. The van der Waals surface area contributed by atoms with Gasteiger partial charge in [0.2, 0.25) is 0 Å². The Hall–Kier alpha value is -1.10. The third-order valence-electron chi connectivity index (χ3n) is 1.99. The van der Waals surface area contributed by atoms with E-state index >= 15 is 0 Å². The Morgan fingerprint density at radius 2 is 1.69 bits per heavy atom. The van der Waals surface area contributed by atoms with Gasteiger partial charge in [-0.15, -0.1) is 0 Å². The Kier molecular flexibility index (Phi) is 4.40. The van der Waals surface area contributed by atoms with Crippen LogP contribution in [0.25, 0.3) is 0 Å². The van der Waals surface area contributed by atoms with E-state index in [2.05, 4.69) is 4.74 Å². The maximum atomic E-state index is 10.9. The summed E-state index contributed by atoms with van der Waals surface area (Å²) in [4.78, 5) is 21.3. The van der Waals surface area contributed by atoms with Crippen molar-refractivity contribution in [2.75, 3.05) is 7.11 Å². The number of rotatable bonds is 4. The van der Waals surface area contributed by atoms with Crippen LogP contribution in [0.15, 0.2) is 0 Å². The fourth-order valence-electron chi connectivity index (χ4n) is 0.904. The molecule has 5 heteroatoms. The van der Waals surface area contributed by atoms with Crippen LogP contribution in [0.1, 0.15) is 13.8 Å². The largest absolute Gasteiger partial charge is 0.481 e. The van der Waals surface area contributed by atoms with E-state index in [1.165, 1.54) is 21.0 Å². The quantitative estimate of drug-likeness (QED) is 0.603. The van der Waals surface area contributed by atoms with Gasteiger partial charge in [0, 0.05) is 0 Å². The fourth-order valence-corrected chi connectivity index (χ4v) is 0.904. The molecule has 0 heterocycles. The van der Waals surface area contributed by atoms with E-state index in [9.17, 15) is 14.7 Å². The number of ether oxygens (including phenoxy) is 1. The number of aliphatic carboxylic acids is 1. The Balaban J connectivity index is 4.32. The highest BCUT2D eigenvalue weighted by molar-refractivity contribution is 5.75. The summed E-state index contributed by atoms with van der Waals surface area (Å²) >= 11 is 0. The molecule has 0 saturated carbocycles. The fraction of sp³-hybridized carbons (Fsp3) is 0.750. The molecule has 0 amide bonds.